The largest absolute Gasteiger partial charge is 0.389 e. The van der Waals surface area contributed by atoms with Gasteiger partial charge in [0.25, 0.3) is 0 Å². The Kier molecular flexibility index (Phi) is 5.57. The number of unbranched alkanes of at least 4 members (excludes halogenated alkanes) is 1. The van der Waals surface area contributed by atoms with Crippen molar-refractivity contribution in [2.24, 2.45) is 0 Å². The molecule has 5 heteroatoms. The third kappa shape index (κ3) is 4.16. The van der Waals surface area contributed by atoms with Crippen LogP contribution in [-0.2, 0) is 11.3 Å². The molecular weight excluding hydrogens is 260 g/mol. The summed E-state index contributed by atoms with van der Waals surface area (Å²) in [6.07, 6.45) is 5.31. The summed E-state index contributed by atoms with van der Waals surface area (Å²) >= 11 is 1.65. The molecule has 0 aliphatic carbocycles. The van der Waals surface area contributed by atoms with E-state index in [1.165, 1.54) is 0 Å². The summed E-state index contributed by atoms with van der Waals surface area (Å²) in [6, 6.07) is 4.04. The molecule has 0 saturated heterocycles. The van der Waals surface area contributed by atoms with E-state index in [2.05, 4.69) is 11.9 Å². The van der Waals surface area contributed by atoms with E-state index in [1.807, 2.05) is 28.3 Å². The summed E-state index contributed by atoms with van der Waals surface area (Å²) in [6.45, 7) is 3.73. The molecule has 0 fully saturated rings. The van der Waals surface area contributed by atoms with Crippen LogP contribution >= 0.6 is 11.3 Å². The van der Waals surface area contributed by atoms with Crippen molar-refractivity contribution in [3.05, 3.63) is 29.9 Å². The first-order chi connectivity index (χ1) is 9.31. The zero-order valence-electron chi connectivity index (χ0n) is 11.2. The normalized spacial score (nSPS) is 12.7. The van der Waals surface area contributed by atoms with Gasteiger partial charge in [0.2, 0.25) is 0 Å². The molecule has 104 valence electrons. The zero-order chi connectivity index (χ0) is 13.5. The van der Waals surface area contributed by atoms with Gasteiger partial charge in [0.1, 0.15) is 5.82 Å². The number of nitrogens with zero attached hydrogens (tertiary/aromatic N) is 2. The Morgan fingerprint density at radius 3 is 3.16 bits per heavy atom. The SMILES string of the molecule is CCCCOCC(O)Cn1ccnc1-c1cccs1. The molecule has 0 aliphatic rings. The van der Waals surface area contributed by atoms with Gasteiger partial charge in [-0.05, 0) is 17.9 Å². The Bertz CT molecular complexity index is 468. The fourth-order valence-electron chi connectivity index (χ4n) is 1.83. The van der Waals surface area contributed by atoms with Crippen molar-refractivity contribution in [3.8, 4) is 10.7 Å². The summed E-state index contributed by atoms with van der Waals surface area (Å²) in [5, 5.41) is 12.0. The van der Waals surface area contributed by atoms with Gasteiger partial charge >= 0.3 is 0 Å². The van der Waals surface area contributed by atoms with E-state index in [0.29, 0.717) is 13.2 Å². The number of hydrogen-bond acceptors (Lipinski definition) is 4. The molecule has 0 aromatic carbocycles. The number of ether oxygens (including phenoxy) is 1. The van der Waals surface area contributed by atoms with Gasteiger partial charge < -0.3 is 14.4 Å². The lowest BCUT2D eigenvalue weighted by Gasteiger charge is -2.13. The average molecular weight is 280 g/mol. The predicted octanol–water partition coefficient (Wildman–Crippen LogP) is 2.79. The number of aromatic nitrogens is 2. The molecule has 2 aromatic rings. The van der Waals surface area contributed by atoms with Crippen molar-refractivity contribution in [1.82, 2.24) is 9.55 Å². The number of rotatable bonds is 8. The van der Waals surface area contributed by atoms with Gasteiger partial charge in [-0.2, -0.15) is 0 Å². The smallest absolute Gasteiger partial charge is 0.150 e. The second-order valence-corrected chi connectivity index (χ2v) is 5.41. The van der Waals surface area contributed by atoms with Crippen molar-refractivity contribution >= 4 is 11.3 Å². The van der Waals surface area contributed by atoms with Gasteiger partial charge in [0.15, 0.2) is 0 Å². The van der Waals surface area contributed by atoms with E-state index < -0.39 is 6.10 Å². The van der Waals surface area contributed by atoms with Crippen LogP contribution in [0.1, 0.15) is 19.8 Å². The van der Waals surface area contributed by atoms with Crippen molar-refractivity contribution in [2.75, 3.05) is 13.2 Å². The van der Waals surface area contributed by atoms with Crippen molar-refractivity contribution in [3.63, 3.8) is 0 Å². The van der Waals surface area contributed by atoms with Crippen LogP contribution in [-0.4, -0.2) is 34.0 Å². The highest BCUT2D eigenvalue weighted by atomic mass is 32.1. The molecule has 2 heterocycles. The standard InChI is InChI=1S/C14H20N2O2S/c1-2-3-8-18-11-12(17)10-16-7-6-15-14(16)13-5-4-9-19-13/h4-7,9,12,17H,2-3,8,10-11H2,1H3. The Hall–Kier alpha value is -1.17. The second-order valence-electron chi connectivity index (χ2n) is 4.46. The van der Waals surface area contributed by atoms with Crippen LogP contribution in [0.5, 0.6) is 0 Å². The quantitative estimate of drug-likeness (QED) is 0.756. The van der Waals surface area contributed by atoms with Gasteiger partial charge in [0, 0.05) is 19.0 Å². The lowest BCUT2D eigenvalue weighted by molar-refractivity contribution is 0.0273. The molecule has 4 nitrogen and oxygen atoms in total. The van der Waals surface area contributed by atoms with Crippen LogP contribution in [0, 0.1) is 0 Å². The first-order valence-corrected chi connectivity index (χ1v) is 7.50. The lowest BCUT2D eigenvalue weighted by Crippen LogP contribution is -2.22. The molecule has 0 radical (unpaired) electrons. The fraction of sp³-hybridized carbons (Fsp3) is 0.500. The molecule has 2 aromatic heterocycles. The van der Waals surface area contributed by atoms with Crippen LogP contribution in [0.15, 0.2) is 29.9 Å². The number of thiophene rings is 1. The number of aliphatic hydroxyl groups is 1. The highest BCUT2D eigenvalue weighted by molar-refractivity contribution is 7.13. The molecule has 1 N–H and O–H groups in total. The van der Waals surface area contributed by atoms with E-state index in [1.54, 1.807) is 17.5 Å². The molecule has 0 spiro atoms. The third-order valence-corrected chi connectivity index (χ3v) is 3.68. The van der Waals surface area contributed by atoms with Gasteiger partial charge in [-0.25, -0.2) is 4.98 Å². The van der Waals surface area contributed by atoms with Gasteiger partial charge in [-0.3, -0.25) is 0 Å². The minimum atomic E-state index is -0.496. The summed E-state index contributed by atoms with van der Waals surface area (Å²) in [7, 11) is 0. The molecule has 0 saturated carbocycles. The molecule has 1 atom stereocenters. The van der Waals surface area contributed by atoms with Crippen LogP contribution < -0.4 is 0 Å². The highest BCUT2D eigenvalue weighted by Crippen LogP contribution is 2.22. The van der Waals surface area contributed by atoms with Crippen molar-refractivity contribution in [1.29, 1.82) is 0 Å². The summed E-state index contributed by atoms with van der Waals surface area (Å²) in [5.74, 6) is 0.905. The summed E-state index contributed by atoms with van der Waals surface area (Å²) in [4.78, 5) is 5.46. The number of hydrogen-bond donors (Lipinski definition) is 1. The average Bonchev–Trinajstić information content (AvgIpc) is 3.04. The van der Waals surface area contributed by atoms with E-state index in [9.17, 15) is 5.11 Å². The minimum absolute atomic E-state index is 0.377. The minimum Gasteiger partial charge on any atom is -0.389 e. The van der Waals surface area contributed by atoms with E-state index >= 15 is 0 Å². The monoisotopic (exact) mass is 280 g/mol. The topological polar surface area (TPSA) is 47.3 Å². The van der Waals surface area contributed by atoms with Gasteiger partial charge in [-0.1, -0.05) is 19.4 Å². The Balaban J connectivity index is 1.87. The van der Waals surface area contributed by atoms with Crippen molar-refractivity contribution in [2.45, 2.75) is 32.4 Å². The molecule has 0 amide bonds. The van der Waals surface area contributed by atoms with Crippen molar-refractivity contribution < 1.29 is 9.84 Å². The molecule has 2 rings (SSSR count). The predicted molar refractivity (Wildman–Crippen MR) is 77.3 cm³/mol. The molecule has 1 unspecified atom stereocenters. The fourth-order valence-corrected chi connectivity index (χ4v) is 2.57. The third-order valence-electron chi connectivity index (χ3n) is 2.82. The highest BCUT2D eigenvalue weighted by Gasteiger charge is 2.11. The molecule has 19 heavy (non-hydrogen) atoms. The van der Waals surface area contributed by atoms with E-state index in [4.69, 9.17) is 4.74 Å². The van der Waals surface area contributed by atoms with Gasteiger partial charge in [-0.15, -0.1) is 11.3 Å². The van der Waals surface area contributed by atoms with E-state index in [-0.39, 0.29) is 0 Å². The second kappa shape index (κ2) is 7.43. The van der Waals surface area contributed by atoms with Crippen LogP contribution in [0.3, 0.4) is 0 Å². The lowest BCUT2D eigenvalue weighted by atomic mass is 10.3. The van der Waals surface area contributed by atoms with Crippen LogP contribution in [0.25, 0.3) is 10.7 Å². The zero-order valence-corrected chi connectivity index (χ0v) is 12.0. The molecule has 0 aliphatic heterocycles. The first-order valence-electron chi connectivity index (χ1n) is 6.62. The molecule has 0 bridgehead atoms. The first kappa shape index (κ1) is 14.2. The Labute approximate surface area is 117 Å². The maximum Gasteiger partial charge on any atom is 0.150 e. The Morgan fingerprint density at radius 1 is 1.53 bits per heavy atom. The van der Waals surface area contributed by atoms with Crippen LogP contribution in [0.4, 0.5) is 0 Å². The summed E-state index contributed by atoms with van der Waals surface area (Å²) in [5.41, 5.74) is 0. The van der Waals surface area contributed by atoms with Gasteiger partial charge in [0.05, 0.1) is 24.1 Å². The van der Waals surface area contributed by atoms with E-state index in [0.717, 1.165) is 30.2 Å². The maximum absolute atomic E-state index is 9.97. The van der Waals surface area contributed by atoms with Crippen LogP contribution in [0.2, 0.25) is 0 Å². The Morgan fingerprint density at radius 2 is 2.42 bits per heavy atom. The molecular formula is C14H20N2O2S. The number of imidazole rings is 1. The maximum atomic E-state index is 9.97. The number of aliphatic hydroxyl groups excluding tert-OH is 1. The summed E-state index contributed by atoms with van der Waals surface area (Å²) < 4.78 is 7.41.